The molecule has 0 unspecified atom stereocenters. The van der Waals surface area contributed by atoms with Gasteiger partial charge >= 0.3 is 6.18 Å². The van der Waals surface area contributed by atoms with Gasteiger partial charge in [-0.25, -0.2) is 22.2 Å². The Kier molecular flexibility index (Phi) is 6.00. The average molecular weight is 514 g/mol. The number of halogens is 8. The van der Waals surface area contributed by atoms with Gasteiger partial charge in [-0.05, 0) is 17.7 Å². The molecular weight excluding hydrogens is 499 g/mol. The summed E-state index contributed by atoms with van der Waals surface area (Å²) in [6.45, 7) is 0. The zero-order chi connectivity index (χ0) is 25.0. The molecule has 2 aromatic rings. The fourth-order valence-electron chi connectivity index (χ4n) is 3.80. The molecule has 0 spiro atoms. The first-order valence-corrected chi connectivity index (χ1v) is 10.1. The van der Waals surface area contributed by atoms with Crippen LogP contribution in [0.4, 0.5) is 36.6 Å². The molecular formula is C19H15ClF7N5O2. The maximum absolute atomic E-state index is 13.8. The van der Waals surface area contributed by atoms with Crippen LogP contribution in [0.5, 0.6) is 0 Å². The van der Waals surface area contributed by atoms with Gasteiger partial charge in [-0.3, -0.25) is 4.79 Å². The molecule has 0 aliphatic carbocycles. The molecule has 2 aliphatic rings. The Morgan fingerprint density at radius 2 is 1.85 bits per heavy atom. The summed E-state index contributed by atoms with van der Waals surface area (Å²) in [5.74, 6) is -1.83. The predicted molar refractivity (Wildman–Crippen MR) is 105 cm³/mol. The maximum atomic E-state index is 13.8. The number of anilines is 1. The molecule has 0 radical (unpaired) electrons. The number of aromatic nitrogens is 2. The summed E-state index contributed by atoms with van der Waals surface area (Å²) >= 11 is 5.82. The van der Waals surface area contributed by atoms with Gasteiger partial charge in [0.15, 0.2) is 11.7 Å². The Hall–Kier alpha value is -2.87. The van der Waals surface area contributed by atoms with Crippen LogP contribution in [0.2, 0.25) is 5.02 Å². The van der Waals surface area contributed by atoms with Crippen molar-refractivity contribution in [3.8, 4) is 0 Å². The highest BCUT2D eigenvalue weighted by molar-refractivity contribution is 6.30. The summed E-state index contributed by atoms with van der Waals surface area (Å²) in [6, 6.07) is 3.78. The maximum Gasteiger partial charge on any atom is 0.410 e. The predicted octanol–water partition coefficient (Wildman–Crippen LogP) is 4.62. The van der Waals surface area contributed by atoms with Crippen molar-refractivity contribution in [1.82, 2.24) is 14.8 Å². The highest BCUT2D eigenvalue weighted by Crippen LogP contribution is 2.44. The number of aliphatic hydroxyl groups is 1. The largest absolute Gasteiger partial charge is 0.410 e. The number of carbonyl (C=O) groups is 1. The van der Waals surface area contributed by atoms with E-state index >= 15 is 0 Å². The van der Waals surface area contributed by atoms with Gasteiger partial charge in [-0.15, -0.1) is 0 Å². The summed E-state index contributed by atoms with van der Waals surface area (Å²) in [5, 5.41) is 19.7. The van der Waals surface area contributed by atoms with E-state index in [2.05, 4.69) is 15.5 Å². The average Bonchev–Trinajstić information content (AvgIpc) is 3.34. The van der Waals surface area contributed by atoms with Crippen LogP contribution in [0.25, 0.3) is 0 Å². The van der Waals surface area contributed by atoms with E-state index in [1.807, 2.05) is 0 Å². The van der Waals surface area contributed by atoms with E-state index in [-0.39, 0.29) is 10.8 Å². The van der Waals surface area contributed by atoms with Gasteiger partial charge in [0.2, 0.25) is 5.72 Å². The molecule has 3 atom stereocenters. The van der Waals surface area contributed by atoms with E-state index in [0.29, 0.717) is 15.3 Å². The van der Waals surface area contributed by atoms with Crippen molar-refractivity contribution in [3.05, 3.63) is 46.6 Å². The third-order valence-electron chi connectivity index (χ3n) is 5.51. The second kappa shape index (κ2) is 8.41. The smallest absolute Gasteiger partial charge is 0.364 e. The van der Waals surface area contributed by atoms with Gasteiger partial charge in [-0.1, -0.05) is 23.7 Å². The monoisotopic (exact) mass is 513 g/mol. The van der Waals surface area contributed by atoms with Gasteiger partial charge in [0.1, 0.15) is 11.5 Å². The molecule has 0 saturated heterocycles. The van der Waals surface area contributed by atoms with Crippen LogP contribution in [0.15, 0.2) is 35.4 Å². The number of hydrazone groups is 1. The number of rotatable bonds is 4. The van der Waals surface area contributed by atoms with E-state index in [9.17, 15) is 40.6 Å². The third kappa shape index (κ3) is 4.19. The van der Waals surface area contributed by atoms with Crippen LogP contribution >= 0.6 is 11.6 Å². The fraction of sp³-hybridized carbons (Fsp3) is 0.421. The fourth-order valence-corrected chi connectivity index (χ4v) is 3.93. The molecule has 184 valence electrons. The van der Waals surface area contributed by atoms with Crippen molar-refractivity contribution in [2.45, 2.75) is 49.7 Å². The van der Waals surface area contributed by atoms with E-state index in [0.717, 1.165) is 6.07 Å². The number of hydrogen-bond donors (Lipinski definition) is 2. The Balaban J connectivity index is 1.71. The molecule has 1 aromatic carbocycles. The first-order chi connectivity index (χ1) is 15.8. The van der Waals surface area contributed by atoms with E-state index in [1.165, 1.54) is 24.3 Å². The highest BCUT2D eigenvalue weighted by Gasteiger charge is 2.54. The summed E-state index contributed by atoms with van der Waals surface area (Å²) < 4.78 is 94.8. The number of amides is 1. The third-order valence-corrected chi connectivity index (χ3v) is 5.76. The highest BCUT2D eigenvalue weighted by atomic mass is 35.5. The van der Waals surface area contributed by atoms with Crippen molar-refractivity contribution >= 4 is 29.0 Å². The van der Waals surface area contributed by atoms with Crippen LogP contribution in [0.1, 0.15) is 41.0 Å². The van der Waals surface area contributed by atoms with Crippen LogP contribution in [0.3, 0.4) is 0 Å². The van der Waals surface area contributed by atoms with Crippen LogP contribution in [-0.4, -0.2) is 56.3 Å². The number of hydrogen-bond acceptors (Lipinski definition) is 5. The van der Waals surface area contributed by atoms with Gasteiger partial charge in [0, 0.05) is 23.9 Å². The van der Waals surface area contributed by atoms with Gasteiger partial charge < -0.3 is 10.4 Å². The summed E-state index contributed by atoms with van der Waals surface area (Å²) in [7, 11) is 0. The molecule has 7 nitrogen and oxygen atoms in total. The lowest BCUT2D eigenvalue weighted by Crippen LogP contribution is -2.51. The molecule has 2 aliphatic heterocycles. The number of alkyl halides is 7. The normalized spacial score (nSPS) is 24.9. The number of fused-ring (bicyclic) bond motifs is 1. The molecule has 15 heteroatoms. The van der Waals surface area contributed by atoms with E-state index in [4.69, 9.17) is 11.6 Å². The second-order valence-electron chi connectivity index (χ2n) is 7.77. The van der Waals surface area contributed by atoms with Crippen molar-refractivity contribution in [3.63, 3.8) is 0 Å². The molecule has 1 aromatic heterocycles. The lowest BCUT2D eigenvalue weighted by atomic mass is 9.97. The van der Waals surface area contributed by atoms with Gasteiger partial charge in [-0.2, -0.15) is 28.4 Å². The SMILES string of the molecule is O=C(c1cc2n(n1)[C@@H](C(F)(F)F)C[C@H](c1ccc(Cl)cc1)N2)N1N=C(C(F)F)C[C@@]1(O)C(F)F. The number of carbonyl (C=O) groups excluding carboxylic acids is 1. The Labute approximate surface area is 191 Å². The second-order valence-corrected chi connectivity index (χ2v) is 8.20. The van der Waals surface area contributed by atoms with Crippen molar-refractivity contribution in [2.75, 3.05) is 5.32 Å². The number of nitrogens with zero attached hydrogens (tertiary/aromatic N) is 4. The molecule has 1 amide bonds. The zero-order valence-corrected chi connectivity index (χ0v) is 17.5. The standard InChI is InChI=1S/C19H15ClF7N5O2/c20-9-3-1-8(2-4-9)10-5-13(19(25,26)27)31-14(28-10)6-11(29-31)16(33)32-18(34,17(23)24)7-12(30-32)15(21)22/h1-4,6,10,13,15,17,28,34H,5,7H2/t10-,13-,18-/m1/s1. The molecule has 4 rings (SSSR count). The lowest BCUT2D eigenvalue weighted by Gasteiger charge is -2.33. The van der Waals surface area contributed by atoms with E-state index in [1.54, 1.807) is 0 Å². The first kappa shape index (κ1) is 24.3. The topological polar surface area (TPSA) is 82.8 Å². The Morgan fingerprint density at radius 3 is 2.41 bits per heavy atom. The molecule has 0 saturated carbocycles. The minimum absolute atomic E-state index is 0.257. The van der Waals surface area contributed by atoms with E-state index < -0.39 is 67.0 Å². The zero-order valence-electron chi connectivity index (χ0n) is 16.8. The molecule has 3 heterocycles. The molecule has 2 N–H and O–H groups in total. The minimum Gasteiger partial charge on any atom is -0.364 e. The van der Waals surface area contributed by atoms with Crippen molar-refractivity contribution < 1.29 is 40.6 Å². The van der Waals surface area contributed by atoms with Crippen LogP contribution in [-0.2, 0) is 0 Å². The lowest BCUT2D eigenvalue weighted by molar-refractivity contribution is -0.174. The Bertz CT molecular complexity index is 1120. The van der Waals surface area contributed by atoms with Crippen LogP contribution in [0, 0.1) is 0 Å². The van der Waals surface area contributed by atoms with Crippen molar-refractivity contribution in [2.24, 2.45) is 5.10 Å². The molecule has 34 heavy (non-hydrogen) atoms. The number of benzene rings is 1. The van der Waals surface area contributed by atoms with Gasteiger partial charge in [0.25, 0.3) is 18.8 Å². The molecule has 0 bridgehead atoms. The van der Waals surface area contributed by atoms with Crippen molar-refractivity contribution in [1.29, 1.82) is 0 Å². The Morgan fingerprint density at radius 1 is 1.21 bits per heavy atom. The quantitative estimate of drug-likeness (QED) is 0.585. The van der Waals surface area contributed by atoms with Gasteiger partial charge in [0.05, 0.1) is 6.04 Å². The molecule has 0 fully saturated rings. The van der Waals surface area contributed by atoms with Crippen LogP contribution < -0.4 is 5.32 Å². The first-order valence-electron chi connectivity index (χ1n) is 9.70. The minimum atomic E-state index is -4.80. The summed E-state index contributed by atoms with van der Waals surface area (Å²) in [5.41, 5.74) is -4.91. The summed E-state index contributed by atoms with van der Waals surface area (Å²) in [6.07, 6.45) is -13.7. The number of nitrogens with one attached hydrogen (secondary N) is 1. The summed E-state index contributed by atoms with van der Waals surface area (Å²) in [4.78, 5) is 12.8.